The Morgan fingerprint density at radius 2 is 1.88 bits per heavy atom. The van der Waals surface area contributed by atoms with E-state index in [0.29, 0.717) is 23.2 Å². The fourth-order valence-electron chi connectivity index (χ4n) is 4.37. The molecule has 2 aromatic heterocycles. The molecule has 5 rings (SSSR count). The lowest BCUT2D eigenvalue weighted by Gasteiger charge is -2.21. The van der Waals surface area contributed by atoms with Crippen LogP contribution in [-0.2, 0) is 6.54 Å². The van der Waals surface area contributed by atoms with Crippen LogP contribution in [-0.4, -0.2) is 29.8 Å². The Labute approximate surface area is 196 Å². The lowest BCUT2D eigenvalue weighted by Crippen LogP contribution is -2.34. The van der Waals surface area contributed by atoms with E-state index in [1.807, 2.05) is 53.4 Å². The zero-order chi connectivity index (χ0) is 23.7. The normalized spacial score (nSPS) is 11.4. The molecule has 2 N–H and O–H groups in total. The Bertz CT molecular complexity index is 1560. The number of aliphatic hydroxyl groups excluding tert-OH is 1. The second kappa shape index (κ2) is 9.11. The van der Waals surface area contributed by atoms with Crippen LogP contribution in [0.5, 0.6) is 0 Å². The first-order valence-corrected chi connectivity index (χ1v) is 11.5. The quantitative estimate of drug-likeness (QED) is 0.216. The van der Waals surface area contributed by atoms with E-state index >= 15 is 0 Å². The number of hydrogen-bond donors (Lipinski definition) is 2. The van der Waals surface area contributed by atoms with Gasteiger partial charge in [-0.15, -0.1) is 0 Å². The highest BCUT2D eigenvalue weighted by molar-refractivity contribution is 6.11. The second-order valence-electron chi connectivity index (χ2n) is 8.20. The molecule has 0 radical (unpaired) electrons. The smallest absolute Gasteiger partial charge is 0.192 e. The van der Waals surface area contributed by atoms with Crippen molar-refractivity contribution in [3.05, 3.63) is 77.2 Å². The van der Waals surface area contributed by atoms with Gasteiger partial charge in [0.2, 0.25) is 0 Å². The maximum absolute atomic E-state index is 12.3. The van der Waals surface area contributed by atoms with Crippen molar-refractivity contribution >= 4 is 50.0 Å². The van der Waals surface area contributed by atoms with Crippen LogP contribution in [0.25, 0.3) is 33.0 Å². The number of aliphatic hydroxyl groups is 1. The summed E-state index contributed by atoms with van der Waals surface area (Å²) in [5.74, 6) is 0. The first-order chi connectivity index (χ1) is 16.6. The third-order valence-corrected chi connectivity index (χ3v) is 6.06. The third-order valence-electron chi connectivity index (χ3n) is 6.06. The molecule has 0 amide bonds. The average Bonchev–Trinajstić information content (AvgIpc) is 2.84. The van der Waals surface area contributed by atoms with Gasteiger partial charge >= 0.3 is 0 Å². The predicted molar refractivity (Wildman–Crippen MR) is 136 cm³/mol. The number of nitrogens with zero attached hydrogens (tertiary/aromatic N) is 3. The van der Waals surface area contributed by atoms with Crippen LogP contribution in [0.15, 0.2) is 76.2 Å². The van der Waals surface area contributed by atoms with Gasteiger partial charge in [0.15, 0.2) is 35.5 Å². The van der Waals surface area contributed by atoms with Crippen molar-refractivity contribution in [1.29, 1.82) is 0 Å². The molecule has 0 saturated carbocycles. The first kappa shape index (κ1) is 21.9. The van der Waals surface area contributed by atoms with Crippen LogP contribution >= 0.6 is 0 Å². The highest BCUT2D eigenvalue weighted by Gasteiger charge is 2.14. The molecular weight excluding hydrogens is 428 g/mol. The van der Waals surface area contributed by atoms with Gasteiger partial charge in [0, 0.05) is 47.7 Å². The third kappa shape index (κ3) is 4.06. The number of pyridine rings is 1. The number of rotatable bonds is 7. The summed E-state index contributed by atoms with van der Waals surface area (Å²) in [4.78, 5) is 19.4. The lowest BCUT2D eigenvalue weighted by atomic mass is 10.1. The summed E-state index contributed by atoms with van der Waals surface area (Å²) in [6.45, 7) is 6.63. The molecule has 3 aromatic carbocycles. The number of benzene rings is 3. The number of nitrogens with one attached hydrogen (secondary N) is 1. The van der Waals surface area contributed by atoms with Crippen molar-refractivity contribution in [2.75, 3.05) is 29.9 Å². The van der Waals surface area contributed by atoms with Crippen LogP contribution in [0.2, 0.25) is 0 Å². The minimum absolute atomic E-state index is 0.0619. The molecule has 172 valence electrons. The second-order valence-corrected chi connectivity index (χ2v) is 8.20. The molecular formula is C27H27N4O3+. The minimum atomic E-state index is -0.0785. The van der Waals surface area contributed by atoms with Gasteiger partial charge in [-0.2, -0.15) is 0 Å². The van der Waals surface area contributed by atoms with Crippen LogP contribution in [0, 0.1) is 0 Å². The first-order valence-electron chi connectivity index (χ1n) is 11.5. The average molecular weight is 456 g/mol. The minimum Gasteiger partial charge on any atom is -0.453 e. The van der Waals surface area contributed by atoms with Gasteiger partial charge in [0.05, 0.1) is 5.69 Å². The van der Waals surface area contributed by atoms with Gasteiger partial charge in [0.1, 0.15) is 23.3 Å². The summed E-state index contributed by atoms with van der Waals surface area (Å²) >= 11 is 0. The standard InChI is InChI=1S/C27H26N4O3/c1-3-31(4-2)19-7-10-23-25(14-19)34-26-16-24(28-18-6-5-11-30(17-18)12-13-32)21-9-8-20(33)15-22(21)27(26)29-23/h5-11,14-17,32H,3-4,12-13H2,1-2H3/p+1. The van der Waals surface area contributed by atoms with Crippen molar-refractivity contribution in [1.82, 2.24) is 4.98 Å². The molecule has 34 heavy (non-hydrogen) atoms. The highest BCUT2D eigenvalue weighted by atomic mass is 16.3. The molecule has 0 aliphatic rings. The van der Waals surface area contributed by atoms with E-state index in [1.165, 1.54) is 0 Å². The van der Waals surface area contributed by atoms with Crippen LogP contribution in [0.1, 0.15) is 13.8 Å². The zero-order valence-corrected chi connectivity index (χ0v) is 19.3. The summed E-state index contributed by atoms with van der Waals surface area (Å²) in [6.07, 6.45) is 3.84. The van der Waals surface area contributed by atoms with E-state index in [0.717, 1.165) is 46.4 Å². The van der Waals surface area contributed by atoms with Crippen LogP contribution in [0.3, 0.4) is 0 Å². The Morgan fingerprint density at radius 1 is 1.03 bits per heavy atom. The molecule has 7 heteroatoms. The SMILES string of the molecule is CCN(CC)c1ccc2nc3c(cc(Nc4ccc[n+](CCO)c4)c4ccc(=O)cc43)oc2c1. The summed E-state index contributed by atoms with van der Waals surface area (Å²) in [5.41, 5.74) is 5.38. The Balaban J connectivity index is 1.70. The molecule has 0 bridgehead atoms. The van der Waals surface area contributed by atoms with Crippen molar-refractivity contribution in [2.45, 2.75) is 20.4 Å². The molecule has 0 saturated heterocycles. The summed E-state index contributed by atoms with van der Waals surface area (Å²) < 4.78 is 8.26. The monoisotopic (exact) mass is 455 g/mol. The largest absolute Gasteiger partial charge is 0.453 e. The summed E-state index contributed by atoms with van der Waals surface area (Å²) in [7, 11) is 0. The fourth-order valence-corrected chi connectivity index (χ4v) is 4.37. The topological polar surface area (TPSA) is 82.5 Å². The number of aromatic nitrogens is 2. The Kier molecular flexibility index (Phi) is 5.86. The van der Waals surface area contributed by atoms with E-state index in [9.17, 15) is 9.90 Å². The van der Waals surface area contributed by atoms with E-state index in [4.69, 9.17) is 9.40 Å². The van der Waals surface area contributed by atoms with E-state index in [-0.39, 0.29) is 12.0 Å². The van der Waals surface area contributed by atoms with Gasteiger partial charge in [-0.05, 0) is 50.2 Å². The number of fused-ring (bicyclic) bond motifs is 4. The molecule has 0 spiro atoms. The maximum Gasteiger partial charge on any atom is 0.192 e. The van der Waals surface area contributed by atoms with Gasteiger partial charge in [-0.25, -0.2) is 9.55 Å². The summed E-state index contributed by atoms with van der Waals surface area (Å²) in [5, 5.41) is 14.3. The maximum atomic E-state index is 12.3. The molecule has 2 heterocycles. The van der Waals surface area contributed by atoms with Gasteiger partial charge in [0.25, 0.3) is 0 Å². The molecule has 0 unspecified atom stereocenters. The van der Waals surface area contributed by atoms with E-state index in [2.05, 4.69) is 30.1 Å². The van der Waals surface area contributed by atoms with Crippen molar-refractivity contribution in [3.8, 4) is 0 Å². The van der Waals surface area contributed by atoms with Gasteiger partial charge < -0.3 is 19.7 Å². The highest BCUT2D eigenvalue weighted by Crippen LogP contribution is 2.34. The molecule has 0 atom stereocenters. The molecule has 0 aliphatic heterocycles. The Hall–Kier alpha value is -3.97. The van der Waals surface area contributed by atoms with Gasteiger partial charge in [-0.1, -0.05) is 0 Å². The van der Waals surface area contributed by atoms with Crippen molar-refractivity contribution in [3.63, 3.8) is 0 Å². The van der Waals surface area contributed by atoms with Crippen molar-refractivity contribution < 1.29 is 14.1 Å². The fraction of sp³-hybridized carbons (Fsp3) is 0.222. The molecule has 0 fully saturated rings. The lowest BCUT2D eigenvalue weighted by molar-refractivity contribution is -0.697. The van der Waals surface area contributed by atoms with Gasteiger partial charge in [-0.3, -0.25) is 4.79 Å². The zero-order valence-electron chi connectivity index (χ0n) is 19.3. The predicted octanol–water partition coefficient (Wildman–Crippen LogP) is 4.36. The van der Waals surface area contributed by atoms with Crippen LogP contribution < -0.4 is 20.2 Å². The van der Waals surface area contributed by atoms with Crippen molar-refractivity contribution in [2.24, 2.45) is 0 Å². The molecule has 7 nitrogen and oxygen atoms in total. The summed E-state index contributed by atoms with van der Waals surface area (Å²) in [6, 6.07) is 16.8. The molecule has 0 aliphatic carbocycles. The van der Waals surface area contributed by atoms with E-state index < -0.39 is 0 Å². The number of hydrogen-bond acceptors (Lipinski definition) is 6. The Morgan fingerprint density at radius 3 is 2.68 bits per heavy atom. The van der Waals surface area contributed by atoms with Crippen LogP contribution in [0.4, 0.5) is 17.1 Å². The van der Waals surface area contributed by atoms with E-state index in [1.54, 1.807) is 12.1 Å². The molecule has 5 aromatic rings. The number of anilines is 3.